The maximum atomic E-state index is 14.6. The molecule has 1 saturated heterocycles. The van der Waals surface area contributed by atoms with E-state index in [-0.39, 0.29) is 23.6 Å². The Bertz CT molecular complexity index is 1030. The highest BCUT2D eigenvalue weighted by Gasteiger charge is 2.41. The van der Waals surface area contributed by atoms with Crippen LogP contribution < -0.4 is 10.1 Å². The number of fused-ring (bicyclic) bond motifs is 1. The summed E-state index contributed by atoms with van der Waals surface area (Å²) < 4.78 is 20.6. The first kappa shape index (κ1) is 20.6. The molecule has 5 nitrogen and oxygen atoms in total. The molecule has 2 aliphatic heterocycles. The zero-order chi connectivity index (χ0) is 21.6. The minimum absolute atomic E-state index is 0.00420. The summed E-state index contributed by atoms with van der Waals surface area (Å²) in [5.41, 5.74) is 1.88. The number of aliphatic hydroxyl groups is 1. The molecule has 0 aliphatic carbocycles. The molecule has 2 aliphatic rings. The van der Waals surface area contributed by atoms with E-state index in [0.29, 0.717) is 11.3 Å². The topological polar surface area (TPSA) is 61.8 Å². The molecule has 2 N–H and O–H groups in total. The van der Waals surface area contributed by atoms with Crippen molar-refractivity contribution in [1.29, 1.82) is 0 Å². The van der Waals surface area contributed by atoms with Gasteiger partial charge in [-0.25, -0.2) is 4.39 Å². The molecule has 30 heavy (non-hydrogen) atoms. The highest BCUT2D eigenvalue weighted by Crippen LogP contribution is 2.42. The van der Waals surface area contributed by atoms with Crippen LogP contribution in [0.3, 0.4) is 0 Å². The van der Waals surface area contributed by atoms with E-state index in [1.807, 2.05) is 12.3 Å². The first-order chi connectivity index (χ1) is 14.2. The van der Waals surface area contributed by atoms with Crippen molar-refractivity contribution in [3.05, 3.63) is 65.1 Å². The van der Waals surface area contributed by atoms with Crippen molar-refractivity contribution in [2.24, 2.45) is 5.92 Å². The summed E-state index contributed by atoms with van der Waals surface area (Å²) in [7, 11) is 1.74. The summed E-state index contributed by atoms with van der Waals surface area (Å²) in [5.74, 6) is 0.268. The normalized spacial score (nSPS) is 21.5. The molecule has 0 aromatic heterocycles. The van der Waals surface area contributed by atoms with E-state index in [9.17, 15) is 14.3 Å². The van der Waals surface area contributed by atoms with Crippen molar-refractivity contribution < 1.29 is 19.0 Å². The first-order valence-corrected chi connectivity index (χ1v) is 10.2. The van der Waals surface area contributed by atoms with E-state index in [1.165, 1.54) is 0 Å². The number of aryl methyl sites for hydroxylation is 1. The fraction of sp³-hybridized carbons (Fsp3) is 0.375. The number of halogens is 1. The average Bonchev–Trinajstić information content (AvgIpc) is 3.18. The van der Waals surface area contributed by atoms with Crippen LogP contribution in [0.1, 0.15) is 37.0 Å². The van der Waals surface area contributed by atoms with Crippen LogP contribution in [0.25, 0.3) is 5.57 Å². The molecule has 158 valence electrons. The van der Waals surface area contributed by atoms with Crippen LogP contribution in [0, 0.1) is 18.7 Å². The number of nitrogens with one attached hydrogen (secondary N) is 1. The Morgan fingerprint density at radius 1 is 1.23 bits per heavy atom. The van der Waals surface area contributed by atoms with E-state index in [0.717, 1.165) is 29.7 Å². The van der Waals surface area contributed by atoms with E-state index < -0.39 is 11.4 Å². The van der Waals surface area contributed by atoms with Gasteiger partial charge in [-0.1, -0.05) is 18.2 Å². The SMILES string of the molecule is Cc1cccc(Oc2ccc(C(C)(C)O)cc2C2=CN(C)C(=O)C3NCCC23)c1F. The van der Waals surface area contributed by atoms with Gasteiger partial charge in [0.1, 0.15) is 5.75 Å². The number of nitrogens with zero attached hydrogens (tertiary/aromatic N) is 1. The van der Waals surface area contributed by atoms with Crippen molar-refractivity contribution in [2.45, 2.75) is 38.8 Å². The van der Waals surface area contributed by atoms with Gasteiger partial charge in [-0.2, -0.15) is 0 Å². The van der Waals surface area contributed by atoms with Crippen molar-refractivity contribution in [3.63, 3.8) is 0 Å². The smallest absolute Gasteiger partial charge is 0.244 e. The highest BCUT2D eigenvalue weighted by molar-refractivity contribution is 5.91. The lowest BCUT2D eigenvalue weighted by Crippen LogP contribution is -2.46. The molecule has 0 saturated carbocycles. The lowest BCUT2D eigenvalue weighted by Gasteiger charge is -2.32. The minimum atomic E-state index is -1.05. The van der Waals surface area contributed by atoms with Crippen LogP contribution in [-0.4, -0.2) is 35.5 Å². The van der Waals surface area contributed by atoms with Crippen molar-refractivity contribution in [2.75, 3.05) is 13.6 Å². The predicted octanol–water partition coefficient (Wildman–Crippen LogP) is 3.94. The van der Waals surface area contributed by atoms with Gasteiger partial charge in [0, 0.05) is 24.7 Å². The number of likely N-dealkylation sites (N-methyl/N-ethyl adjacent to an activating group) is 1. The number of hydrogen-bond acceptors (Lipinski definition) is 4. The molecule has 0 radical (unpaired) electrons. The standard InChI is InChI=1S/C24H27FN2O3/c1-14-6-5-7-20(21(14)25)30-19-9-8-15(24(2,3)29)12-17(19)18-13-27(4)23(28)22-16(18)10-11-26-22/h5-9,12-13,16,22,26,29H,10-11H2,1-4H3. The summed E-state index contributed by atoms with van der Waals surface area (Å²) in [6.45, 7) is 5.88. The zero-order valence-electron chi connectivity index (χ0n) is 17.7. The summed E-state index contributed by atoms with van der Waals surface area (Å²) in [5, 5.41) is 13.8. The van der Waals surface area contributed by atoms with Crippen molar-refractivity contribution in [3.8, 4) is 11.5 Å². The quantitative estimate of drug-likeness (QED) is 0.801. The van der Waals surface area contributed by atoms with Gasteiger partial charge in [-0.15, -0.1) is 0 Å². The second-order valence-corrected chi connectivity index (χ2v) is 8.62. The van der Waals surface area contributed by atoms with Gasteiger partial charge in [-0.3, -0.25) is 4.79 Å². The van der Waals surface area contributed by atoms with Gasteiger partial charge >= 0.3 is 0 Å². The molecule has 1 fully saturated rings. The number of amides is 1. The Hall–Kier alpha value is -2.70. The molecule has 0 spiro atoms. The number of benzene rings is 2. The molecule has 1 amide bonds. The molecule has 2 atom stereocenters. The third kappa shape index (κ3) is 3.61. The lowest BCUT2D eigenvalue weighted by molar-refractivity contribution is -0.130. The van der Waals surface area contributed by atoms with E-state index in [4.69, 9.17) is 4.74 Å². The van der Waals surface area contributed by atoms with Crippen molar-refractivity contribution in [1.82, 2.24) is 10.2 Å². The summed E-state index contributed by atoms with van der Waals surface area (Å²) in [4.78, 5) is 14.2. The third-order valence-corrected chi connectivity index (χ3v) is 5.94. The second kappa shape index (κ2) is 7.52. The molecule has 2 aromatic carbocycles. The summed E-state index contributed by atoms with van der Waals surface area (Å²) in [6.07, 6.45) is 2.65. The minimum Gasteiger partial charge on any atom is -0.454 e. The Morgan fingerprint density at radius 2 is 2.00 bits per heavy atom. The fourth-order valence-corrected chi connectivity index (χ4v) is 4.20. The summed E-state index contributed by atoms with van der Waals surface area (Å²) >= 11 is 0. The predicted molar refractivity (Wildman–Crippen MR) is 114 cm³/mol. The number of carbonyl (C=O) groups is 1. The first-order valence-electron chi connectivity index (χ1n) is 10.2. The van der Waals surface area contributed by atoms with Crippen LogP contribution in [0.5, 0.6) is 11.5 Å². The van der Waals surface area contributed by atoms with Crippen LogP contribution in [0.15, 0.2) is 42.6 Å². The van der Waals surface area contributed by atoms with Gasteiger partial charge in [0.2, 0.25) is 5.91 Å². The largest absolute Gasteiger partial charge is 0.454 e. The number of ether oxygens (including phenoxy) is 1. The highest BCUT2D eigenvalue weighted by atomic mass is 19.1. The van der Waals surface area contributed by atoms with Gasteiger partial charge in [-0.05, 0) is 68.6 Å². The summed E-state index contributed by atoms with van der Waals surface area (Å²) in [6, 6.07) is 10.2. The van der Waals surface area contributed by atoms with Gasteiger partial charge in [0.05, 0.1) is 11.6 Å². The molecule has 2 heterocycles. The molecule has 2 aromatic rings. The molecular weight excluding hydrogens is 383 g/mol. The molecule has 6 heteroatoms. The Balaban J connectivity index is 1.85. The van der Waals surface area contributed by atoms with Crippen LogP contribution in [0.4, 0.5) is 4.39 Å². The average molecular weight is 410 g/mol. The Labute approximate surface area is 176 Å². The second-order valence-electron chi connectivity index (χ2n) is 8.62. The third-order valence-electron chi connectivity index (χ3n) is 5.94. The number of hydrogen-bond donors (Lipinski definition) is 2. The number of carbonyl (C=O) groups excluding carboxylic acids is 1. The van der Waals surface area contributed by atoms with Gasteiger partial charge in [0.25, 0.3) is 0 Å². The molecule has 4 rings (SSSR count). The molecule has 2 unspecified atom stereocenters. The van der Waals surface area contributed by atoms with E-state index in [1.54, 1.807) is 63.1 Å². The fourth-order valence-electron chi connectivity index (χ4n) is 4.20. The van der Waals surface area contributed by atoms with Gasteiger partial charge in [0.15, 0.2) is 11.6 Å². The lowest BCUT2D eigenvalue weighted by atomic mass is 9.82. The monoisotopic (exact) mass is 410 g/mol. The molecular formula is C24H27FN2O3. The zero-order valence-corrected chi connectivity index (χ0v) is 17.7. The van der Waals surface area contributed by atoms with Gasteiger partial charge < -0.3 is 20.1 Å². The Kier molecular flexibility index (Phi) is 5.16. The maximum Gasteiger partial charge on any atom is 0.244 e. The Morgan fingerprint density at radius 3 is 2.73 bits per heavy atom. The molecule has 0 bridgehead atoms. The van der Waals surface area contributed by atoms with E-state index in [2.05, 4.69) is 5.32 Å². The van der Waals surface area contributed by atoms with E-state index >= 15 is 0 Å². The maximum absolute atomic E-state index is 14.6. The van der Waals surface area contributed by atoms with Crippen LogP contribution in [-0.2, 0) is 10.4 Å². The number of rotatable bonds is 4. The van der Waals surface area contributed by atoms with Crippen molar-refractivity contribution >= 4 is 11.5 Å². The van der Waals surface area contributed by atoms with Crippen LogP contribution >= 0.6 is 0 Å². The van der Waals surface area contributed by atoms with Crippen LogP contribution in [0.2, 0.25) is 0 Å².